The Hall–Kier alpha value is -0.810. The molecule has 5 heteroatoms. The lowest BCUT2D eigenvalue weighted by atomic mass is 10.2. The monoisotopic (exact) mass is 226 g/mol. The summed E-state index contributed by atoms with van der Waals surface area (Å²) in [5.74, 6) is 0.952. The third-order valence-corrected chi connectivity index (χ3v) is 3.10. The molecule has 0 aromatic heterocycles. The van der Waals surface area contributed by atoms with Crippen LogP contribution in [0, 0.1) is 0 Å². The molecule has 2 aliphatic heterocycles. The van der Waals surface area contributed by atoms with Crippen molar-refractivity contribution in [3.63, 3.8) is 0 Å². The van der Waals surface area contributed by atoms with Crippen molar-refractivity contribution in [3.8, 4) is 0 Å². The van der Waals surface area contributed by atoms with Gasteiger partial charge in [-0.05, 0) is 13.8 Å². The van der Waals surface area contributed by atoms with Gasteiger partial charge in [0.15, 0.2) is 5.96 Å². The standard InChI is InChI=1S/C11H22N4O/c1-9-7-13-11(14-9)12-3-4-15-5-6-16-8-10(15)2/h9-10H,3-8H2,1-2H3,(H2,12,13,14). The van der Waals surface area contributed by atoms with Gasteiger partial charge in [-0.3, -0.25) is 9.89 Å². The van der Waals surface area contributed by atoms with Crippen LogP contribution in [-0.4, -0.2) is 62.3 Å². The topological polar surface area (TPSA) is 48.9 Å². The fraction of sp³-hybridized carbons (Fsp3) is 0.909. The van der Waals surface area contributed by atoms with Gasteiger partial charge in [-0.25, -0.2) is 0 Å². The number of guanidine groups is 1. The summed E-state index contributed by atoms with van der Waals surface area (Å²) < 4.78 is 5.41. The Kier molecular flexibility index (Phi) is 4.01. The second-order valence-corrected chi connectivity index (χ2v) is 4.62. The number of hydrogen-bond donors (Lipinski definition) is 2. The average molecular weight is 226 g/mol. The Labute approximate surface area is 97.2 Å². The summed E-state index contributed by atoms with van der Waals surface area (Å²) in [5.41, 5.74) is 0. The highest BCUT2D eigenvalue weighted by molar-refractivity contribution is 5.81. The Balaban J connectivity index is 1.64. The van der Waals surface area contributed by atoms with Gasteiger partial charge < -0.3 is 15.4 Å². The Morgan fingerprint density at radius 1 is 1.56 bits per heavy atom. The summed E-state index contributed by atoms with van der Waals surface area (Å²) in [5, 5.41) is 6.63. The molecule has 0 aromatic rings. The first-order valence-electron chi connectivity index (χ1n) is 6.12. The van der Waals surface area contributed by atoms with Gasteiger partial charge in [0.05, 0.1) is 19.8 Å². The average Bonchev–Trinajstić information content (AvgIpc) is 2.67. The first-order valence-corrected chi connectivity index (χ1v) is 6.12. The smallest absolute Gasteiger partial charge is 0.191 e. The molecule has 2 unspecified atom stereocenters. The van der Waals surface area contributed by atoms with Crippen LogP contribution in [0.5, 0.6) is 0 Å². The van der Waals surface area contributed by atoms with Crippen molar-refractivity contribution in [1.29, 1.82) is 0 Å². The molecule has 2 heterocycles. The van der Waals surface area contributed by atoms with E-state index in [9.17, 15) is 0 Å². The van der Waals surface area contributed by atoms with E-state index in [1.807, 2.05) is 0 Å². The predicted molar refractivity (Wildman–Crippen MR) is 64.8 cm³/mol. The van der Waals surface area contributed by atoms with E-state index in [0.717, 1.165) is 45.4 Å². The van der Waals surface area contributed by atoms with Crippen LogP contribution in [0.15, 0.2) is 4.99 Å². The lowest BCUT2D eigenvalue weighted by Gasteiger charge is -2.33. The van der Waals surface area contributed by atoms with Crippen LogP contribution in [0.4, 0.5) is 0 Å². The zero-order valence-corrected chi connectivity index (χ0v) is 10.2. The van der Waals surface area contributed by atoms with Crippen LogP contribution in [0.1, 0.15) is 13.8 Å². The maximum Gasteiger partial charge on any atom is 0.191 e. The third kappa shape index (κ3) is 3.09. The molecule has 2 atom stereocenters. The lowest BCUT2D eigenvalue weighted by Crippen LogP contribution is -2.48. The SMILES string of the molecule is CC1CN=C(NCCN2CCOCC2C)N1. The summed E-state index contributed by atoms with van der Waals surface area (Å²) in [6.45, 7) is 10.0. The van der Waals surface area contributed by atoms with E-state index in [2.05, 4.69) is 34.4 Å². The number of nitrogens with one attached hydrogen (secondary N) is 2. The van der Waals surface area contributed by atoms with E-state index in [0.29, 0.717) is 12.1 Å². The molecule has 1 saturated heterocycles. The Morgan fingerprint density at radius 3 is 3.12 bits per heavy atom. The van der Waals surface area contributed by atoms with Gasteiger partial charge in [-0.1, -0.05) is 0 Å². The second-order valence-electron chi connectivity index (χ2n) is 4.62. The first kappa shape index (κ1) is 11.7. The van der Waals surface area contributed by atoms with Crippen molar-refractivity contribution in [2.24, 2.45) is 4.99 Å². The fourth-order valence-electron chi connectivity index (χ4n) is 2.07. The van der Waals surface area contributed by atoms with E-state index in [1.165, 1.54) is 0 Å². The van der Waals surface area contributed by atoms with E-state index in [4.69, 9.17) is 4.74 Å². The molecular weight excluding hydrogens is 204 g/mol. The minimum atomic E-state index is 0.477. The first-order chi connectivity index (χ1) is 7.75. The van der Waals surface area contributed by atoms with Gasteiger partial charge in [0, 0.05) is 31.7 Å². The molecule has 0 aliphatic carbocycles. The normalized spacial score (nSPS) is 31.0. The fourth-order valence-corrected chi connectivity index (χ4v) is 2.07. The van der Waals surface area contributed by atoms with Crippen LogP contribution in [0.2, 0.25) is 0 Å². The van der Waals surface area contributed by atoms with Gasteiger partial charge in [-0.2, -0.15) is 0 Å². The minimum absolute atomic E-state index is 0.477. The maximum atomic E-state index is 5.41. The van der Waals surface area contributed by atoms with Crippen LogP contribution in [0.25, 0.3) is 0 Å². The number of nitrogens with zero attached hydrogens (tertiary/aromatic N) is 2. The zero-order chi connectivity index (χ0) is 11.4. The van der Waals surface area contributed by atoms with Crippen molar-refractivity contribution in [3.05, 3.63) is 0 Å². The number of morpholine rings is 1. The van der Waals surface area contributed by atoms with Crippen molar-refractivity contribution in [2.75, 3.05) is 39.4 Å². The van der Waals surface area contributed by atoms with Crippen LogP contribution in [-0.2, 0) is 4.74 Å². The highest BCUT2D eigenvalue weighted by Crippen LogP contribution is 2.04. The number of aliphatic imine (C=N–C) groups is 1. The molecule has 16 heavy (non-hydrogen) atoms. The summed E-state index contributed by atoms with van der Waals surface area (Å²) in [4.78, 5) is 6.82. The quantitative estimate of drug-likeness (QED) is 0.690. The zero-order valence-electron chi connectivity index (χ0n) is 10.2. The molecule has 0 bridgehead atoms. The molecule has 1 fully saturated rings. The third-order valence-electron chi connectivity index (χ3n) is 3.10. The van der Waals surface area contributed by atoms with Crippen LogP contribution >= 0.6 is 0 Å². The van der Waals surface area contributed by atoms with E-state index in [1.54, 1.807) is 0 Å². The molecule has 5 nitrogen and oxygen atoms in total. The molecule has 0 spiro atoms. The maximum absolute atomic E-state index is 5.41. The van der Waals surface area contributed by atoms with Gasteiger partial charge in [0.2, 0.25) is 0 Å². The number of ether oxygens (including phenoxy) is 1. The minimum Gasteiger partial charge on any atom is -0.379 e. The number of rotatable bonds is 3. The summed E-state index contributed by atoms with van der Waals surface area (Å²) in [7, 11) is 0. The van der Waals surface area contributed by atoms with Crippen molar-refractivity contribution in [2.45, 2.75) is 25.9 Å². The van der Waals surface area contributed by atoms with Crippen molar-refractivity contribution in [1.82, 2.24) is 15.5 Å². The lowest BCUT2D eigenvalue weighted by molar-refractivity contribution is 0.000884. The molecular formula is C11H22N4O. The van der Waals surface area contributed by atoms with E-state index < -0.39 is 0 Å². The summed E-state index contributed by atoms with van der Waals surface area (Å²) >= 11 is 0. The van der Waals surface area contributed by atoms with Crippen molar-refractivity contribution >= 4 is 5.96 Å². The summed E-state index contributed by atoms with van der Waals surface area (Å²) in [6, 6.07) is 1.01. The Bertz CT molecular complexity index is 256. The molecule has 0 aromatic carbocycles. The van der Waals surface area contributed by atoms with Gasteiger partial charge in [0.25, 0.3) is 0 Å². The van der Waals surface area contributed by atoms with Crippen LogP contribution in [0.3, 0.4) is 0 Å². The predicted octanol–water partition coefficient (Wildman–Crippen LogP) is -0.356. The highest BCUT2D eigenvalue weighted by atomic mass is 16.5. The second kappa shape index (κ2) is 5.50. The largest absolute Gasteiger partial charge is 0.379 e. The van der Waals surface area contributed by atoms with E-state index in [-0.39, 0.29) is 0 Å². The van der Waals surface area contributed by atoms with Crippen molar-refractivity contribution < 1.29 is 4.74 Å². The number of hydrogen-bond acceptors (Lipinski definition) is 5. The molecule has 2 aliphatic rings. The van der Waals surface area contributed by atoms with Crippen LogP contribution < -0.4 is 10.6 Å². The van der Waals surface area contributed by atoms with Gasteiger partial charge >= 0.3 is 0 Å². The molecule has 92 valence electrons. The highest BCUT2D eigenvalue weighted by Gasteiger charge is 2.18. The molecule has 2 N–H and O–H groups in total. The Morgan fingerprint density at radius 2 is 2.44 bits per heavy atom. The van der Waals surface area contributed by atoms with Gasteiger partial charge in [0.1, 0.15) is 0 Å². The summed E-state index contributed by atoms with van der Waals surface area (Å²) in [6.07, 6.45) is 0. The molecule has 2 rings (SSSR count). The molecule has 0 saturated carbocycles. The van der Waals surface area contributed by atoms with E-state index >= 15 is 0 Å². The molecule has 0 radical (unpaired) electrons. The molecule has 0 amide bonds. The van der Waals surface area contributed by atoms with Gasteiger partial charge in [-0.15, -0.1) is 0 Å².